The molecular formula is C31H40NSi+. The van der Waals surface area contributed by atoms with Crippen molar-refractivity contribution >= 4 is 24.0 Å². The molecule has 1 aliphatic heterocycles. The summed E-state index contributed by atoms with van der Waals surface area (Å²) in [7, 11) is 1.08. The maximum Gasteiger partial charge on any atom is 0.220 e. The van der Waals surface area contributed by atoms with Crippen molar-refractivity contribution in [1.82, 2.24) is 0 Å². The topological polar surface area (TPSA) is 3.88 Å². The SMILES string of the molecule is Cc1c(-c2c3ccc([Si]4(C)CCC4)cc3cc[n+]2C)cc(C2CCCC2)cc1C1CCCC1. The Morgan fingerprint density at radius 1 is 0.818 bits per heavy atom. The van der Waals surface area contributed by atoms with Crippen LogP contribution >= 0.6 is 0 Å². The van der Waals surface area contributed by atoms with Gasteiger partial charge in [-0.1, -0.05) is 74.1 Å². The molecule has 3 aromatic rings. The quantitative estimate of drug-likeness (QED) is 0.282. The van der Waals surface area contributed by atoms with E-state index >= 15 is 0 Å². The van der Waals surface area contributed by atoms with E-state index in [0.29, 0.717) is 0 Å². The van der Waals surface area contributed by atoms with Gasteiger partial charge in [-0.3, -0.25) is 0 Å². The number of hydrogen-bond acceptors (Lipinski definition) is 0. The largest absolute Gasteiger partial charge is 0.220 e. The molecule has 2 aromatic carbocycles. The molecule has 0 radical (unpaired) electrons. The van der Waals surface area contributed by atoms with Crippen LogP contribution in [0.1, 0.15) is 86.3 Å². The molecule has 1 nitrogen and oxygen atoms in total. The van der Waals surface area contributed by atoms with E-state index in [9.17, 15) is 0 Å². The number of aryl methyl sites for hydroxylation is 1. The first kappa shape index (κ1) is 21.6. The first-order valence-electron chi connectivity index (χ1n) is 13.6. The maximum absolute atomic E-state index is 2.64. The summed E-state index contributed by atoms with van der Waals surface area (Å²) in [5.41, 5.74) is 7.74. The average Bonchev–Trinajstić information content (AvgIpc) is 3.52. The number of rotatable bonds is 4. The molecule has 0 unspecified atom stereocenters. The van der Waals surface area contributed by atoms with Crippen LogP contribution in [0.4, 0.5) is 0 Å². The summed E-state index contributed by atoms with van der Waals surface area (Å²) in [5.74, 6) is 1.53. The Kier molecular flexibility index (Phi) is 5.48. The summed E-state index contributed by atoms with van der Waals surface area (Å²) < 4.78 is 2.39. The van der Waals surface area contributed by atoms with Gasteiger partial charge in [0.2, 0.25) is 5.69 Å². The van der Waals surface area contributed by atoms with Gasteiger partial charge in [0, 0.05) is 6.07 Å². The Hall–Kier alpha value is -1.93. The van der Waals surface area contributed by atoms with Gasteiger partial charge in [-0.2, -0.15) is 0 Å². The van der Waals surface area contributed by atoms with Crippen LogP contribution in [0.3, 0.4) is 0 Å². The van der Waals surface area contributed by atoms with Crippen molar-refractivity contribution in [2.75, 3.05) is 0 Å². The molecule has 6 rings (SSSR count). The van der Waals surface area contributed by atoms with Gasteiger partial charge in [-0.05, 0) is 78.7 Å². The molecule has 0 spiro atoms. The van der Waals surface area contributed by atoms with E-state index in [1.165, 1.54) is 97.5 Å². The van der Waals surface area contributed by atoms with Crippen LogP contribution in [0, 0.1) is 6.92 Å². The van der Waals surface area contributed by atoms with Crippen LogP contribution in [-0.2, 0) is 7.05 Å². The standard InChI is InChI=1S/C31H40NSi/c1-22-29(24-11-6-7-12-24)20-26(23-9-4-5-10-23)21-30(22)31-28-14-13-27(33(3)17-8-18-33)19-25(28)15-16-32(31)2/h13-16,19-21,23-24H,4-12,17-18H2,1-3H3/q+1. The third-order valence-corrected chi connectivity index (χ3v) is 14.3. The minimum absolute atomic E-state index is 0.765. The van der Waals surface area contributed by atoms with Crippen molar-refractivity contribution in [2.24, 2.45) is 7.05 Å². The zero-order valence-electron chi connectivity index (χ0n) is 20.9. The molecule has 33 heavy (non-hydrogen) atoms. The summed E-state index contributed by atoms with van der Waals surface area (Å²) in [6, 6.07) is 18.0. The van der Waals surface area contributed by atoms with E-state index in [0.717, 1.165) is 11.8 Å². The number of benzene rings is 2. The molecule has 3 fully saturated rings. The number of nitrogens with zero attached hydrogens (tertiary/aromatic N) is 1. The molecule has 1 saturated heterocycles. The first-order chi connectivity index (χ1) is 16.0. The molecule has 0 amide bonds. The fourth-order valence-electron chi connectivity index (χ4n) is 7.24. The number of fused-ring (bicyclic) bond motifs is 1. The van der Waals surface area contributed by atoms with Crippen molar-refractivity contribution in [3.63, 3.8) is 0 Å². The molecule has 0 atom stereocenters. The summed E-state index contributed by atoms with van der Waals surface area (Å²) in [5, 5.41) is 4.54. The van der Waals surface area contributed by atoms with E-state index in [1.807, 2.05) is 0 Å². The van der Waals surface area contributed by atoms with E-state index in [1.54, 1.807) is 16.3 Å². The molecular weight excluding hydrogens is 414 g/mol. The molecule has 3 aliphatic rings. The molecule has 2 heterocycles. The summed E-state index contributed by atoms with van der Waals surface area (Å²) in [4.78, 5) is 0. The second-order valence-electron chi connectivity index (χ2n) is 11.7. The molecule has 0 bridgehead atoms. The lowest BCUT2D eigenvalue weighted by atomic mass is 9.84. The van der Waals surface area contributed by atoms with Crippen molar-refractivity contribution < 1.29 is 4.57 Å². The van der Waals surface area contributed by atoms with Crippen LogP contribution in [0.5, 0.6) is 0 Å². The van der Waals surface area contributed by atoms with E-state index in [2.05, 4.69) is 67.7 Å². The highest BCUT2D eigenvalue weighted by molar-refractivity contribution is 6.93. The van der Waals surface area contributed by atoms with Crippen LogP contribution in [0.15, 0.2) is 42.6 Å². The highest BCUT2D eigenvalue weighted by atomic mass is 28.3. The highest BCUT2D eigenvalue weighted by Gasteiger charge is 2.36. The van der Waals surface area contributed by atoms with Crippen LogP contribution in [0.2, 0.25) is 18.6 Å². The van der Waals surface area contributed by atoms with Crippen molar-refractivity contribution in [1.29, 1.82) is 0 Å². The predicted octanol–water partition coefficient (Wildman–Crippen LogP) is 7.64. The lowest BCUT2D eigenvalue weighted by molar-refractivity contribution is -0.659. The first-order valence-corrected chi connectivity index (χ1v) is 16.5. The molecule has 0 N–H and O–H groups in total. The summed E-state index contributed by atoms with van der Waals surface area (Å²) in [6.07, 6.45) is 14.9. The number of hydrogen-bond donors (Lipinski definition) is 0. The highest BCUT2D eigenvalue weighted by Crippen LogP contribution is 2.43. The Morgan fingerprint density at radius 3 is 2.18 bits per heavy atom. The maximum atomic E-state index is 2.64. The molecule has 1 aromatic heterocycles. The van der Waals surface area contributed by atoms with E-state index < -0.39 is 8.07 Å². The second kappa shape index (κ2) is 8.38. The van der Waals surface area contributed by atoms with Gasteiger partial charge in [0.1, 0.15) is 7.05 Å². The van der Waals surface area contributed by atoms with Gasteiger partial charge in [0.15, 0.2) is 6.20 Å². The fraction of sp³-hybridized carbons (Fsp3) is 0.516. The van der Waals surface area contributed by atoms with Gasteiger partial charge in [0.25, 0.3) is 0 Å². The zero-order valence-corrected chi connectivity index (χ0v) is 21.9. The van der Waals surface area contributed by atoms with Gasteiger partial charge in [-0.15, -0.1) is 0 Å². The zero-order chi connectivity index (χ0) is 22.6. The molecule has 2 aliphatic carbocycles. The lowest BCUT2D eigenvalue weighted by Crippen LogP contribution is -2.50. The molecule has 172 valence electrons. The second-order valence-corrected chi connectivity index (χ2v) is 16.4. The van der Waals surface area contributed by atoms with Crippen molar-refractivity contribution in [2.45, 2.75) is 95.2 Å². The average molecular weight is 455 g/mol. The minimum atomic E-state index is -1.17. The Morgan fingerprint density at radius 2 is 1.52 bits per heavy atom. The Bertz CT molecular complexity index is 1190. The lowest BCUT2D eigenvalue weighted by Gasteiger charge is -2.36. The smallest absolute Gasteiger partial charge is 0.200 e. The Labute approximate surface area is 201 Å². The van der Waals surface area contributed by atoms with Gasteiger partial charge < -0.3 is 0 Å². The minimum Gasteiger partial charge on any atom is -0.200 e. The molecule has 2 heteroatoms. The van der Waals surface area contributed by atoms with Gasteiger partial charge in [0.05, 0.1) is 19.0 Å². The monoisotopic (exact) mass is 454 g/mol. The van der Waals surface area contributed by atoms with Crippen LogP contribution in [-0.4, -0.2) is 8.07 Å². The van der Waals surface area contributed by atoms with Crippen LogP contribution < -0.4 is 9.75 Å². The predicted molar refractivity (Wildman–Crippen MR) is 143 cm³/mol. The summed E-state index contributed by atoms with van der Waals surface area (Å²) >= 11 is 0. The van der Waals surface area contributed by atoms with Crippen LogP contribution in [0.25, 0.3) is 22.0 Å². The normalized spacial score (nSPS) is 21.1. The third-order valence-electron chi connectivity index (χ3n) is 9.64. The van der Waals surface area contributed by atoms with Crippen molar-refractivity contribution in [3.8, 4) is 11.3 Å². The molecule has 2 saturated carbocycles. The van der Waals surface area contributed by atoms with Gasteiger partial charge >= 0.3 is 0 Å². The Balaban J connectivity index is 1.54. The summed E-state index contributed by atoms with van der Waals surface area (Å²) in [6.45, 7) is 5.00. The van der Waals surface area contributed by atoms with E-state index in [4.69, 9.17) is 0 Å². The van der Waals surface area contributed by atoms with Gasteiger partial charge in [-0.25, -0.2) is 4.57 Å². The number of aromatic nitrogens is 1. The third kappa shape index (κ3) is 3.69. The van der Waals surface area contributed by atoms with E-state index in [-0.39, 0.29) is 0 Å². The van der Waals surface area contributed by atoms with Crippen molar-refractivity contribution in [3.05, 3.63) is 59.3 Å². The number of pyridine rings is 1. The fourth-order valence-corrected chi connectivity index (χ4v) is 10.2.